The average molecular weight is 331 g/mol. The number of ether oxygens (including phenoxy) is 2. The van der Waals surface area contributed by atoms with Crippen LogP contribution in [0.15, 0.2) is 12.1 Å². The summed E-state index contributed by atoms with van der Waals surface area (Å²) in [6.07, 6.45) is 4.69. The lowest BCUT2D eigenvalue weighted by Crippen LogP contribution is -2.63. The van der Waals surface area contributed by atoms with E-state index in [1.807, 2.05) is 6.07 Å². The molecule has 2 heterocycles. The number of hydrogen-bond donors (Lipinski definition) is 2. The number of benzene rings is 1. The lowest BCUT2D eigenvalue weighted by atomic mass is 9.51. The van der Waals surface area contributed by atoms with Gasteiger partial charge in [-0.05, 0) is 50.4 Å². The van der Waals surface area contributed by atoms with Gasteiger partial charge in [0.25, 0.3) is 0 Å². The average Bonchev–Trinajstić information content (AvgIpc) is 3.01. The van der Waals surface area contributed by atoms with Crippen LogP contribution in [0.3, 0.4) is 0 Å². The minimum absolute atomic E-state index is 0.00728. The molecule has 2 aliphatic heterocycles. The number of likely N-dealkylation sites (N-methyl/N-ethyl adjacent to an activating group) is 1. The summed E-state index contributed by atoms with van der Waals surface area (Å²) in [6, 6.07) is 4.11. The van der Waals surface area contributed by atoms with Crippen molar-refractivity contribution in [3.8, 4) is 11.5 Å². The Morgan fingerprint density at radius 1 is 1.17 bits per heavy atom. The molecule has 0 amide bonds. The Balaban J connectivity index is 1.70. The lowest BCUT2D eigenvalue weighted by molar-refractivity contribution is -0.213. The van der Waals surface area contributed by atoms with Crippen LogP contribution >= 0.6 is 0 Å². The Morgan fingerprint density at radius 3 is 2.75 bits per heavy atom. The summed E-state index contributed by atoms with van der Waals surface area (Å²) < 4.78 is 12.1. The molecule has 2 bridgehead atoms. The molecule has 3 atom stereocenters. The highest BCUT2D eigenvalue weighted by Crippen LogP contribution is 2.61. The smallest absolute Gasteiger partial charge is 0.169 e. The van der Waals surface area contributed by atoms with Crippen LogP contribution < -0.4 is 0 Å². The Kier molecular flexibility index (Phi) is 3.04. The fraction of sp³-hybridized carbons (Fsp3) is 0.684. The Labute approximate surface area is 142 Å². The molecular formula is C19H25NO4. The van der Waals surface area contributed by atoms with Crippen LogP contribution in [0.25, 0.3) is 0 Å². The van der Waals surface area contributed by atoms with E-state index < -0.39 is 5.79 Å². The number of fused-ring (bicyclic) bond motifs is 1. The molecule has 5 rings (SSSR count). The second-order valence-electron chi connectivity index (χ2n) is 8.06. The van der Waals surface area contributed by atoms with Gasteiger partial charge in [-0.15, -0.1) is 0 Å². The van der Waals surface area contributed by atoms with Gasteiger partial charge in [0.15, 0.2) is 17.3 Å². The van der Waals surface area contributed by atoms with Crippen molar-refractivity contribution in [1.29, 1.82) is 0 Å². The Morgan fingerprint density at radius 2 is 1.96 bits per heavy atom. The van der Waals surface area contributed by atoms with E-state index in [0.29, 0.717) is 25.2 Å². The first kappa shape index (κ1) is 15.0. The van der Waals surface area contributed by atoms with Crippen molar-refractivity contribution in [2.45, 2.75) is 49.3 Å². The van der Waals surface area contributed by atoms with E-state index in [1.54, 1.807) is 6.07 Å². The predicted octanol–water partition coefficient (Wildman–Crippen LogP) is 2.14. The van der Waals surface area contributed by atoms with Crippen LogP contribution in [0.2, 0.25) is 0 Å². The first-order valence-electron chi connectivity index (χ1n) is 9.07. The summed E-state index contributed by atoms with van der Waals surface area (Å²) in [5.41, 5.74) is 1.99. The monoisotopic (exact) mass is 331 g/mol. The number of aromatic hydroxyl groups is 2. The third kappa shape index (κ3) is 1.81. The zero-order valence-corrected chi connectivity index (χ0v) is 14.1. The molecule has 24 heavy (non-hydrogen) atoms. The molecule has 1 spiro atoms. The van der Waals surface area contributed by atoms with Crippen molar-refractivity contribution < 1.29 is 19.7 Å². The molecule has 3 fully saturated rings. The van der Waals surface area contributed by atoms with E-state index >= 15 is 0 Å². The fourth-order valence-electron chi connectivity index (χ4n) is 6.05. The van der Waals surface area contributed by atoms with Crippen molar-refractivity contribution >= 4 is 0 Å². The molecule has 1 aromatic carbocycles. The molecular weight excluding hydrogens is 306 g/mol. The fourth-order valence-corrected chi connectivity index (χ4v) is 6.05. The van der Waals surface area contributed by atoms with Gasteiger partial charge >= 0.3 is 0 Å². The van der Waals surface area contributed by atoms with Gasteiger partial charge in [-0.25, -0.2) is 0 Å². The minimum Gasteiger partial charge on any atom is -0.504 e. The summed E-state index contributed by atoms with van der Waals surface area (Å²) in [4.78, 5) is 2.48. The summed E-state index contributed by atoms with van der Waals surface area (Å²) in [7, 11) is 2.22. The van der Waals surface area contributed by atoms with Crippen LogP contribution in [-0.2, 0) is 21.3 Å². The lowest BCUT2D eigenvalue weighted by Gasteiger charge is -2.60. The van der Waals surface area contributed by atoms with E-state index in [4.69, 9.17) is 9.47 Å². The molecule has 130 valence electrons. The highest BCUT2D eigenvalue weighted by molar-refractivity contribution is 5.56. The zero-order chi connectivity index (χ0) is 16.5. The highest BCUT2D eigenvalue weighted by Gasteiger charge is 2.61. The van der Waals surface area contributed by atoms with Crippen molar-refractivity contribution in [1.82, 2.24) is 4.90 Å². The Bertz CT molecular complexity index is 684. The van der Waals surface area contributed by atoms with Gasteiger partial charge in [0.2, 0.25) is 0 Å². The molecule has 4 aliphatic rings. The van der Waals surface area contributed by atoms with E-state index in [1.165, 1.54) is 5.56 Å². The number of hydrogen-bond acceptors (Lipinski definition) is 5. The third-order valence-electron chi connectivity index (χ3n) is 7.06. The molecule has 2 saturated heterocycles. The summed E-state index contributed by atoms with van der Waals surface area (Å²) in [5, 5.41) is 20.9. The standard InChI is InChI=1S/C19H25NO4/c1-20-7-6-18-11-19(23-8-9-24-19)5-4-13(18)14(20)10-12-2-3-15(21)17(22)16(12)18/h2-3,13-14,21-22H,4-11H2,1H3/t13?,14-,18+/m1/s1. The van der Waals surface area contributed by atoms with Crippen molar-refractivity contribution in [2.75, 3.05) is 26.8 Å². The number of likely N-dealkylation sites (tertiary alicyclic amines) is 1. The van der Waals surface area contributed by atoms with E-state index in [0.717, 1.165) is 44.2 Å². The van der Waals surface area contributed by atoms with Crippen LogP contribution in [0.5, 0.6) is 11.5 Å². The van der Waals surface area contributed by atoms with Gasteiger partial charge in [-0.1, -0.05) is 6.07 Å². The predicted molar refractivity (Wildman–Crippen MR) is 88.2 cm³/mol. The van der Waals surface area contributed by atoms with Gasteiger partial charge in [0.05, 0.1) is 13.2 Å². The van der Waals surface area contributed by atoms with E-state index in [2.05, 4.69) is 11.9 Å². The largest absolute Gasteiger partial charge is 0.504 e. The summed E-state index contributed by atoms with van der Waals surface area (Å²) in [5.74, 6) is 0.0567. The highest BCUT2D eigenvalue weighted by atomic mass is 16.7. The minimum atomic E-state index is -0.497. The number of phenols is 2. The SMILES string of the molecule is CN1CC[C@]23CC4(CCC2[C@H]1Cc1ccc(O)c(O)c13)OCCO4. The van der Waals surface area contributed by atoms with Gasteiger partial charge in [0.1, 0.15) is 0 Å². The van der Waals surface area contributed by atoms with Gasteiger partial charge in [-0.2, -0.15) is 0 Å². The summed E-state index contributed by atoms with van der Waals surface area (Å²) >= 11 is 0. The van der Waals surface area contributed by atoms with Crippen molar-refractivity contribution in [3.63, 3.8) is 0 Å². The quantitative estimate of drug-likeness (QED) is 0.713. The van der Waals surface area contributed by atoms with Gasteiger partial charge < -0.3 is 24.6 Å². The number of phenolic OH excluding ortho intramolecular Hbond substituents is 2. The molecule has 5 nitrogen and oxygen atoms in total. The summed E-state index contributed by atoms with van der Waals surface area (Å²) in [6.45, 7) is 2.32. The third-order valence-corrected chi connectivity index (χ3v) is 7.06. The number of rotatable bonds is 0. The zero-order valence-electron chi connectivity index (χ0n) is 14.1. The van der Waals surface area contributed by atoms with Gasteiger partial charge in [-0.3, -0.25) is 0 Å². The van der Waals surface area contributed by atoms with Crippen molar-refractivity contribution in [3.05, 3.63) is 23.3 Å². The van der Waals surface area contributed by atoms with Crippen LogP contribution in [0.4, 0.5) is 0 Å². The maximum Gasteiger partial charge on any atom is 0.169 e. The normalized spacial score (nSPS) is 37.2. The maximum atomic E-state index is 10.7. The number of nitrogens with zero attached hydrogens (tertiary/aromatic N) is 1. The maximum absolute atomic E-state index is 10.7. The van der Waals surface area contributed by atoms with Crippen LogP contribution in [0, 0.1) is 5.92 Å². The van der Waals surface area contributed by atoms with Crippen molar-refractivity contribution in [2.24, 2.45) is 5.92 Å². The molecule has 2 N–H and O–H groups in total. The Hall–Kier alpha value is -1.30. The molecule has 1 saturated carbocycles. The molecule has 0 aromatic heterocycles. The molecule has 0 radical (unpaired) electrons. The first-order chi connectivity index (χ1) is 11.5. The van der Waals surface area contributed by atoms with Crippen LogP contribution in [0.1, 0.15) is 36.8 Å². The van der Waals surface area contributed by atoms with E-state index in [-0.39, 0.29) is 16.9 Å². The molecule has 1 unspecified atom stereocenters. The molecule has 1 aromatic rings. The second kappa shape index (κ2) is 4.87. The molecule has 2 aliphatic carbocycles. The van der Waals surface area contributed by atoms with Gasteiger partial charge in [0, 0.05) is 29.9 Å². The first-order valence-corrected chi connectivity index (χ1v) is 9.07. The molecule has 5 heteroatoms. The second-order valence-corrected chi connectivity index (χ2v) is 8.06. The topological polar surface area (TPSA) is 62.2 Å². The van der Waals surface area contributed by atoms with E-state index in [9.17, 15) is 10.2 Å². The van der Waals surface area contributed by atoms with Crippen LogP contribution in [-0.4, -0.2) is 53.7 Å². The number of piperidine rings is 1.